The first-order chi connectivity index (χ1) is 13.2. The number of nitrogens with zero attached hydrogens (tertiary/aromatic N) is 8. The molecule has 0 saturated heterocycles. The second kappa shape index (κ2) is 6.11. The zero-order valence-corrected chi connectivity index (χ0v) is 14.7. The van der Waals surface area contributed by atoms with E-state index in [0.717, 1.165) is 36.9 Å². The van der Waals surface area contributed by atoms with E-state index in [2.05, 4.69) is 30.1 Å². The monoisotopic (exact) mass is 364 g/mol. The number of halogens is 1. The first-order valence-electron chi connectivity index (χ1n) is 8.80. The van der Waals surface area contributed by atoms with Crippen LogP contribution in [0.1, 0.15) is 18.1 Å². The van der Waals surface area contributed by atoms with Gasteiger partial charge >= 0.3 is 0 Å². The van der Waals surface area contributed by atoms with Crippen LogP contribution in [0.15, 0.2) is 36.4 Å². The zero-order chi connectivity index (χ0) is 18.4. The minimum Gasteiger partial charge on any atom is -0.351 e. The maximum atomic E-state index is 14.2. The molecule has 136 valence electrons. The maximum Gasteiger partial charge on any atom is 0.188 e. The number of benzene rings is 1. The van der Waals surface area contributed by atoms with E-state index >= 15 is 0 Å². The summed E-state index contributed by atoms with van der Waals surface area (Å²) >= 11 is 0. The van der Waals surface area contributed by atoms with Crippen molar-refractivity contribution in [2.75, 3.05) is 11.9 Å². The van der Waals surface area contributed by atoms with Crippen LogP contribution in [-0.4, -0.2) is 41.6 Å². The Kier molecular flexibility index (Phi) is 3.59. The third-order valence-corrected chi connectivity index (χ3v) is 4.82. The molecular formula is C18H17FN8. The van der Waals surface area contributed by atoms with Gasteiger partial charge in [-0.3, -0.25) is 0 Å². The third kappa shape index (κ3) is 2.62. The van der Waals surface area contributed by atoms with Gasteiger partial charge in [0.05, 0.1) is 12.1 Å². The van der Waals surface area contributed by atoms with Gasteiger partial charge in [-0.15, -0.1) is 25.5 Å². The highest BCUT2D eigenvalue weighted by atomic mass is 19.1. The van der Waals surface area contributed by atoms with Crippen molar-refractivity contribution in [2.45, 2.75) is 25.9 Å². The number of aromatic nitrogens is 7. The molecule has 0 unspecified atom stereocenters. The van der Waals surface area contributed by atoms with E-state index in [9.17, 15) is 4.39 Å². The summed E-state index contributed by atoms with van der Waals surface area (Å²) in [5, 5.41) is 21.4. The summed E-state index contributed by atoms with van der Waals surface area (Å²) in [7, 11) is 1.94. The fourth-order valence-corrected chi connectivity index (χ4v) is 3.41. The van der Waals surface area contributed by atoms with Crippen molar-refractivity contribution >= 4 is 11.5 Å². The highest BCUT2D eigenvalue weighted by Crippen LogP contribution is 2.22. The number of hydrogen-bond donors (Lipinski definition) is 0. The van der Waals surface area contributed by atoms with Gasteiger partial charge in [0.1, 0.15) is 17.5 Å². The Morgan fingerprint density at radius 2 is 1.96 bits per heavy atom. The van der Waals surface area contributed by atoms with Crippen LogP contribution in [0.4, 0.5) is 10.2 Å². The molecule has 0 N–H and O–H groups in total. The third-order valence-electron chi connectivity index (χ3n) is 4.82. The van der Waals surface area contributed by atoms with E-state index in [1.165, 1.54) is 6.07 Å². The lowest BCUT2D eigenvalue weighted by Gasteiger charge is -2.17. The van der Waals surface area contributed by atoms with Crippen molar-refractivity contribution in [2.24, 2.45) is 0 Å². The largest absolute Gasteiger partial charge is 0.351 e. The number of fused-ring (bicyclic) bond motifs is 2. The molecule has 1 aliphatic heterocycles. The van der Waals surface area contributed by atoms with E-state index in [4.69, 9.17) is 0 Å². The molecule has 0 radical (unpaired) electrons. The Bertz CT molecular complexity index is 1130. The first kappa shape index (κ1) is 15.9. The minimum absolute atomic E-state index is 0.355. The molecular weight excluding hydrogens is 347 g/mol. The molecule has 5 rings (SSSR count). The molecule has 0 aliphatic carbocycles. The molecule has 0 fully saturated rings. The fourth-order valence-electron chi connectivity index (χ4n) is 3.41. The topological polar surface area (TPSA) is 77.0 Å². The summed E-state index contributed by atoms with van der Waals surface area (Å²) in [5.74, 6) is 2.70. The van der Waals surface area contributed by atoms with Crippen molar-refractivity contribution in [3.8, 4) is 11.4 Å². The smallest absolute Gasteiger partial charge is 0.188 e. The molecule has 1 aromatic carbocycles. The molecule has 0 atom stereocenters. The molecule has 0 bridgehead atoms. The van der Waals surface area contributed by atoms with Gasteiger partial charge in [0.2, 0.25) is 0 Å². The summed E-state index contributed by atoms with van der Waals surface area (Å²) < 4.78 is 17.9. The van der Waals surface area contributed by atoms with E-state index in [1.807, 2.05) is 24.1 Å². The van der Waals surface area contributed by atoms with Gasteiger partial charge in [-0.05, 0) is 30.7 Å². The average Bonchev–Trinajstić information content (AvgIpc) is 3.38. The van der Waals surface area contributed by atoms with Gasteiger partial charge in [0.15, 0.2) is 17.3 Å². The average molecular weight is 364 g/mol. The molecule has 1 aliphatic rings. The van der Waals surface area contributed by atoms with Crippen LogP contribution in [-0.2, 0) is 19.5 Å². The highest BCUT2D eigenvalue weighted by molar-refractivity contribution is 5.60. The molecule has 0 amide bonds. The van der Waals surface area contributed by atoms with E-state index < -0.39 is 0 Å². The Balaban J connectivity index is 1.50. The Morgan fingerprint density at radius 1 is 1.07 bits per heavy atom. The molecule has 8 nitrogen and oxygen atoms in total. The van der Waals surface area contributed by atoms with E-state index in [0.29, 0.717) is 23.6 Å². The fraction of sp³-hybridized carbons (Fsp3) is 0.278. The van der Waals surface area contributed by atoms with Crippen LogP contribution in [0, 0.1) is 5.82 Å². The summed E-state index contributed by atoms with van der Waals surface area (Å²) in [6.45, 7) is 1.55. The maximum absolute atomic E-state index is 14.2. The van der Waals surface area contributed by atoms with Gasteiger partial charge in [0.25, 0.3) is 0 Å². The standard InChI is InChI=1S/C18H17FN8/c1-25(11-17-22-20-14-7-4-10-26(14)17)16-9-8-15-21-23-18(27(15)24-16)12-5-2-3-6-13(12)19/h2-3,5-6,8-9H,4,7,10-11H2,1H3. The van der Waals surface area contributed by atoms with Crippen molar-refractivity contribution in [1.82, 2.24) is 34.6 Å². The number of aryl methyl sites for hydroxylation is 1. The lowest BCUT2D eigenvalue weighted by atomic mass is 10.2. The summed E-state index contributed by atoms with van der Waals surface area (Å²) in [6.07, 6.45) is 2.09. The van der Waals surface area contributed by atoms with Gasteiger partial charge in [-0.1, -0.05) is 12.1 Å². The van der Waals surface area contributed by atoms with Crippen molar-refractivity contribution in [3.05, 3.63) is 53.9 Å². The molecule has 4 aromatic rings. The highest BCUT2D eigenvalue weighted by Gasteiger charge is 2.19. The van der Waals surface area contributed by atoms with Crippen LogP contribution in [0.2, 0.25) is 0 Å². The van der Waals surface area contributed by atoms with Crippen molar-refractivity contribution in [1.29, 1.82) is 0 Å². The predicted octanol–water partition coefficient (Wildman–Crippen LogP) is 2.10. The van der Waals surface area contributed by atoms with Gasteiger partial charge < -0.3 is 9.47 Å². The summed E-state index contributed by atoms with van der Waals surface area (Å²) in [6, 6.07) is 10.2. The van der Waals surface area contributed by atoms with Crippen molar-refractivity contribution in [3.63, 3.8) is 0 Å². The Hall–Kier alpha value is -3.36. The van der Waals surface area contributed by atoms with Crippen LogP contribution < -0.4 is 4.90 Å². The van der Waals surface area contributed by atoms with Crippen LogP contribution in [0.3, 0.4) is 0 Å². The Labute approximate surface area is 154 Å². The lowest BCUT2D eigenvalue weighted by molar-refractivity contribution is 0.629. The summed E-state index contributed by atoms with van der Waals surface area (Å²) in [4.78, 5) is 1.99. The molecule has 0 saturated carbocycles. The molecule has 0 spiro atoms. The normalized spacial score (nSPS) is 13.3. The van der Waals surface area contributed by atoms with Gasteiger partial charge in [-0.25, -0.2) is 4.39 Å². The molecule has 3 aromatic heterocycles. The quantitative estimate of drug-likeness (QED) is 0.552. The molecule has 4 heterocycles. The second-order valence-corrected chi connectivity index (χ2v) is 6.61. The number of hydrogen-bond acceptors (Lipinski definition) is 6. The summed E-state index contributed by atoms with van der Waals surface area (Å²) in [5.41, 5.74) is 0.932. The number of rotatable bonds is 4. The second-order valence-electron chi connectivity index (χ2n) is 6.61. The van der Waals surface area contributed by atoms with Crippen LogP contribution >= 0.6 is 0 Å². The Morgan fingerprint density at radius 3 is 2.85 bits per heavy atom. The lowest BCUT2D eigenvalue weighted by Crippen LogP contribution is -2.21. The van der Waals surface area contributed by atoms with Crippen molar-refractivity contribution < 1.29 is 4.39 Å². The van der Waals surface area contributed by atoms with E-state index in [1.54, 1.807) is 22.7 Å². The molecule has 27 heavy (non-hydrogen) atoms. The predicted molar refractivity (Wildman–Crippen MR) is 96.6 cm³/mol. The number of anilines is 1. The first-order valence-corrected chi connectivity index (χ1v) is 8.80. The van der Waals surface area contributed by atoms with Gasteiger partial charge in [-0.2, -0.15) is 4.52 Å². The zero-order valence-electron chi connectivity index (χ0n) is 14.7. The van der Waals surface area contributed by atoms with Crippen LogP contribution in [0.25, 0.3) is 17.0 Å². The minimum atomic E-state index is -0.355. The molecule has 9 heteroatoms. The van der Waals surface area contributed by atoms with E-state index in [-0.39, 0.29) is 5.82 Å². The van der Waals surface area contributed by atoms with Crippen LogP contribution in [0.5, 0.6) is 0 Å². The SMILES string of the molecule is CN(Cc1nnc2n1CCC2)c1ccc2nnc(-c3ccccc3F)n2n1. The van der Waals surface area contributed by atoms with Gasteiger partial charge in [0, 0.05) is 20.0 Å².